The minimum Gasteiger partial charge on any atom is -0.478 e. The third-order valence-corrected chi connectivity index (χ3v) is 7.01. The summed E-state index contributed by atoms with van der Waals surface area (Å²) >= 11 is 0. The minimum absolute atomic E-state index is 0.0950. The summed E-state index contributed by atoms with van der Waals surface area (Å²) in [6, 6.07) is 9.18. The predicted molar refractivity (Wildman–Crippen MR) is 120 cm³/mol. The van der Waals surface area contributed by atoms with Crippen LogP contribution in [-0.4, -0.2) is 64.0 Å². The van der Waals surface area contributed by atoms with Gasteiger partial charge in [0.2, 0.25) is 0 Å². The maximum atomic E-state index is 13.4. The number of aliphatic hydroxyl groups excluding tert-OH is 1. The van der Waals surface area contributed by atoms with Crippen molar-refractivity contribution < 1.29 is 23.4 Å². The second-order valence-electron chi connectivity index (χ2n) is 7.78. The van der Waals surface area contributed by atoms with Crippen molar-refractivity contribution in [2.75, 3.05) is 22.7 Å². The van der Waals surface area contributed by atoms with Gasteiger partial charge >= 0.3 is 5.97 Å². The van der Waals surface area contributed by atoms with Crippen LogP contribution in [0.3, 0.4) is 0 Å². The van der Waals surface area contributed by atoms with Gasteiger partial charge in [0, 0.05) is 13.1 Å². The molecular formula is C21H24N6O5S. The highest BCUT2D eigenvalue weighted by Gasteiger charge is 2.25. The molecule has 1 fully saturated rings. The van der Waals surface area contributed by atoms with E-state index in [9.17, 15) is 23.4 Å². The number of carboxylic acids is 1. The van der Waals surface area contributed by atoms with Crippen molar-refractivity contribution >= 4 is 27.4 Å². The molecule has 1 atom stereocenters. The molecule has 4 rings (SSSR count). The van der Waals surface area contributed by atoms with Crippen molar-refractivity contribution in [1.29, 1.82) is 0 Å². The van der Waals surface area contributed by atoms with E-state index in [0.717, 1.165) is 6.42 Å². The average Bonchev–Trinajstić information content (AvgIpc) is 3.33. The van der Waals surface area contributed by atoms with Crippen molar-refractivity contribution in [2.24, 2.45) is 0 Å². The summed E-state index contributed by atoms with van der Waals surface area (Å²) < 4.78 is 30.9. The molecule has 1 aliphatic heterocycles. The Kier molecular flexibility index (Phi) is 6.29. The van der Waals surface area contributed by atoms with Crippen LogP contribution in [-0.2, 0) is 16.4 Å². The number of aryl methyl sites for hydroxylation is 1. The molecule has 11 nitrogen and oxygen atoms in total. The first-order chi connectivity index (χ1) is 15.8. The third-order valence-electron chi connectivity index (χ3n) is 5.56. The van der Waals surface area contributed by atoms with E-state index >= 15 is 0 Å². The normalized spacial score (nSPS) is 16.5. The number of carboxylic acid groups (broad SMARTS) is 1. The minimum atomic E-state index is -4.14. The molecule has 12 heteroatoms. The van der Waals surface area contributed by atoms with Gasteiger partial charge in [-0.05, 0) is 65.6 Å². The fourth-order valence-corrected chi connectivity index (χ4v) is 5.31. The number of hydrogen-bond donors (Lipinski definition) is 3. The van der Waals surface area contributed by atoms with Crippen LogP contribution in [0, 0.1) is 0 Å². The molecule has 2 heterocycles. The summed E-state index contributed by atoms with van der Waals surface area (Å²) in [5.41, 5.74) is 1.80. The van der Waals surface area contributed by atoms with Crippen molar-refractivity contribution in [1.82, 2.24) is 20.2 Å². The molecule has 0 radical (unpaired) electrons. The van der Waals surface area contributed by atoms with Crippen LogP contribution >= 0.6 is 0 Å². The Morgan fingerprint density at radius 1 is 1.24 bits per heavy atom. The van der Waals surface area contributed by atoms with Gasteiger partial charge in [-0.3, -0.25) is 4.72 Å². The number of aromatic carboxylic acids is 1. The Morgan fingerprint density at radius 3 is 2.73 bits per heavy atom. The predicted octanol–water partition coefficient (Wildman–Crippen LogP) is 1.68. The second-order valence-corrected chi connectivity index (χ2v) is 9.44. The number of anilines is 2. The zero-order chi connectivity index (χ0) is 23.6. The number of nitrogens with one attached hydrogen (secondary N) is 1. The highest BCUT2D eigenvalue weighted by Crippen LogP contribution is 2.33. The molecule has 3 aromatic rings. The number of nitrogens with zero attached hydrogens (tertiary/aromatic N) is 5. The van der Waals surface area contributed by atoms with Crippen LogP contribution in [0.25, 0.3) is 5.69 Å². The van der Waals surface area contributed by atoms with Gasteiger partial charge in [0.15, 0.2) is 0 Å². The third kappa shape index (κ3) is 4.81. The monoisotopic (exact) mass is 472 g/mol. The largest absolute Gasteiger partial charge is 0.478 e. The fraction of sp³-hybridized carbons (Fsp3) is 0.333. The van der Waals surface area contributed by atoms with E-state index in [1.165, 1.54) is 29.2 Å². The quantitative estimate of drug-likeness (QED) is 0.466. The molecule has 1 saturated heterocycles. The maximum absolute atomic E-state index is 13.4. The number of rotatable bonds is 7. The lowest BCUT2D eigenvalue weighted by Gasteiger charge is -2.33. The maximum Gasteiger partial charge on any atom is 0.335 e. The number of tetrazole rings is 1. The molecule has 0 spiro atoms. The highest BCUT2D eigenvalue weighted by atomic mass is 32.2. The van der Waals surface area contributed by atoms with Crippen molar-refractivity contribution in [3.05, 3.63) is 53.9 Å². The van der Waals surface area contributed by atoms with Crippen LogP contribution in [0.5, 0.6) is 0 Å². The van der Waals surface area contributed by atoms with E-state index in [2.05, 4.69) is 20.2 Å². The summed E-state index contributed by atoms with van der Waals surface area (Å²) in [5, 5.41) is 30.6. The van der Waals surface area contributed by atoms with Gasteiger partial charge in [0.05, 0.1) is 33.6 Å². The molecule has 0 amide bonds. The van der Waals surface area contributed by atoms with Crippen LogP contribution < -0.4 is 9.62 Å². The molecule has 1 aliphatic rings. The first kappa shape index (κ1) is 22.7. The van der Waals surface area contributed by atoms with Gasteiger partial charge in [-0.2, -0.15) is 0 Å². The Bertz CT molecular complexity index is 1260. The molecule has 0 saturated carbocycles. The Morgan fingerprint density at radius 2 is 2.06 bits per heavy atom. The molecule has 0 aliphatic carbocycles. The first-order valence-electron chi connectivity index (χ1n) is 10.5. The number of sulfonamides is 1. The van der Waals surface area contributed by atoms with Crippen LogP contribution in [0.4, 0.5) is 11.4 Å². The van der Waals surface area contributed by atoms with E-state index in [1.54, 1.807) is 25.1 Å². The Balaban J connectivity index is 1.79. The number of piperidine rings is 1. The van der Waals surface area contributed by atoms with Crippen molar-refractivity contribution in [3.8, 4) is 5.69 Å². The lowest BCUT2D eigenvalue weighted by molar-refractivity contribution is 0.0696. The van der Waals surface area contributed by atoms with Crippen molar-refractivity contribution in [3.63, 3.8) is 0 Å². The summed E-state index contributed by atoms with van der Waals surface area (Å²) in [6.07, 6.45) is 2.74. The average molecular weight is 473 g/mol. The van der Waals surface area contributed by atoms with Gasteiger partial charge in [-0.1, -0.05) is 13.0 Å². The number of hydrogen-bond acceptors (Lipinski definition) is 8. The van der Waals surface area contributed by atoms with Gasteiger partial charge in [-0.25, -0.2) is 17.9 Å². The van der Waals surface area contributed by atoms with E-state index in [0.29, 0.717) is 42.9 Å². The zero-order valence-corrected chi connectivity index (χ0v) is 18.7. The van der Waals surface area contributed by atoms with Gasteiger partial charge in [0.1, 0.15) is 6.33 Å². The second kappa shape index (κ2) is 9.16. The molecule has 0 unspecified atom stereocenters. The molecule has 0 bridgehead atoms. The SMILES string of the molecule is CCc1ccc(C(=O)O)cc1S(=O)(=O)Nc1cc(-n2cnnn2)ccc1N1CCC[C@@H](O)C1. The van der Waals surface area contributed by atoms with E-state index in [4.69, 9.17) is 0 Å². The number of β-amino-alcohol motifs (C(OH)–C–C–N with tert-alkyl or cyclic N) is 1. The summed E-state index contributed by atoms with van der Waals surface area (Å²) in [6.45, 7) is 2.83. The van der Waals surface area contributed by atoms with Crippen molar-refractivity contribution in [2.45, 2.75) is 37.2 Å². The lowest BCUT2D eigenvalue weighted by atomic mass is 10.1. The number of aromatic nitrogens is 4. The summed E-state index contributed by atoms with van der Waals surface area (Å²) in [7, 11) is -4.14. The van der Waals surface area contributed by atoms with E-state index in [1.807, 2.05) is 4.90 Å². The fourth-order valence-electron chi connectivity index (χ4n) is 3.91. The Hall–Kier alpha value is -3.51. The molecule has 3 N–H and O–H groups in total. The van der Waals surface area contributed by atoms with Crippen LogP contribution in [0.1, 0.15) is 35.7 Å². The molecular weight excluding hydrogens is 448 g/mol. The van der Waals surface area contributed by atoms with E-state index in [-0.39, 0.29) is 16.1 Å². The Labute approximate surface area is 190 Å². The standard InChI is InChI=1S/C21H24N6O5S/c1-2-14-5-6-15(21(29)30)10-20(14)33(31,32)23-18-11-16(27-13-22-24-25-27)7-8-19(18)26-9-3-4-17(28)12-26/h5-8,10-11,13,17,23,28H,2-4,9,12H2,1H3,(H,29,30)/t17-/m1/s1. The zero-order valence-electron chi connectivity index (χ0n) is 17.9. The van der Waals surface area contributed by atoms with Gasteiger partial charge in [0.25, 0.3) is 10.0 Å². The van der Waals surface area contributed by atoms with Crippen LogP contribution in [0.15, 0.2) is 47.6 Å². The molecule has 1 aromatic heterocycles. The number of carbonyl (C=O) groups is 1. The summed E-state index contributed by atoms with van der Waals surface area (Å²) in [5.74, 6) is -1.21. The number of aliphatic hydroxyl groups is 1. The molecule has 33 heavy (non-hydrogen) atoms. The number of benzene rings is 2. The van der Waals surface area contributed by atoms with E-state index < -0.39 is 22.1 Å². The first-order valence-corrected chi connectivity index (χ1v) is 12.0. The molecule has 2 aromatic carbocycles. The summed E-state index contributed by atoms with van der Waals surface area (Å²) in [4.78, 5) is 13.3. The molecule has 174 valence electrons. The smallest absolute Gasteiger partial charge is 0.335 e. The lowest BCUT2D eigenvalue weighted by Crippen LogP contribution is -2.38. The van der Waals surface area contributed by atoms with Gasteiger partial charge in [-0.15, -0.1) is 5.10 Å². The van der Waals surface area contributed by atoms with Gasteiger partial charge < -0.3 is 15.1 Å². The van der Waals surface area contributed by atoms with Crippen LogP contribution in [0.2, 0.25) is 0 Å². The highest BCUT2D eigenvalue weighted by molar-refractivity contribution is 7.92. The topological polar surface area (TPSA) is 151 Å².